The molecular formula is C17H25FN2O2. The van der Waals surface area contributed by atoms with Crippen LogP contribution in [0.4, 0.5) is 4.39 Å². The SMILES string of the molecule is CCN(C(=O)CN1CC[C@H](CO)C1)[C@H](C)c1ccc(F)cc1. The van der Waals surface area contributed by atoms with Crippen molar-refractivity contribution in [2.24, 2.45) is 5.92 Å². The number of likely N-dealkylation sites (tertiary alicyclic amines) is 1. The summed E-state index contributed by atoms with van der Waals surface area (Å²) in [4.78, 5) is 16.5. The maximum Gasteiger partial charge on any atom is 0.237 e. The molecule has 122 valence electrons. The van der Waals surface area contributed by atoms with Gasteiger partial charge in [-0.25, -0.2) is 4.39 Å². The summed E-state index contributed by atoms with van der Waals surface area (Å²) in [5.41, 5.74) is 0.936. The second-order valence-corrected chi connectivity index (χ2v) is 5.98. The molecule has 0 bridgehead atoms. The topological polar surface area (TPSA) is 43.8 Å². The van der Waals surface area contributed by atoms with Gasteiger partial charge in [-0.3, -0.25) is 9.69 Å². The molecule has 0 radical (unpaired) electrons. The summed E-state index contributed by atoms with van der Waals surface area (Å²) >= 11 is 0. The highest BCUT2D eigenvalue weighted by molar-refractivity contribution is 5.78. The maximum absolute atomic E-state index is 13.0. The molecule has 0 spiro atoms. The fraction of sp³-hybridized carbons (Fsp3) is 0.588. The summed E-state index contributed by atoms with van der Waals surface area (Å²) < 4.78 is 13.0. The van der Waals surface area contributed by atoms with Crippen LogP contribution in [-0.4, -0.2) is 53.6 Å². The zero-order valence-electron chi connectivity index (χ0n) is 13.3. The molecule has 1 aromatic rings. The second kappa shape index (κ2) is 7.70. The molecule has 1 N–H and O–H groups in total. The molecule has 0 saturated carbocycles. The van der Waals surface area contributed by atoms with Gasteiger partial charge in [-0.2, -0.15) is 0 Å². The monoisotopic (exact) mass is 308 g/mol. The predicted octanol–water partition coefficient (Wildman–Crippen LogP) is 2.05. The highest BCUT2D eigenvalue weighted by Crippen LogP contribution is 2.22. The van der Waals surface area contributed by atoms with E-state index in [0.29, 0.717) is 13.1 Å². The molecule has 4 nitrogen and oxygen atoms in total. The van der Waals surface area contributed by atoms with Crippen molar-refractivity contribution in [2.75, 3.05) is 32.8 Å². The Hall–Kier alpha value is -1.46. The van der Waals surface area contributed by atoms with E-state index in [1.807, 2.05) is 18.7 Å². The number of halogens is 1. The van der Waals surface area contributed by atoms with Gasteiger partial charge in [-0.05, 0) is 50.4 Å². The standard InChI is InChI=1S/C17H25FN2O2/c1-3-20(13(2)15-4-6-16(18)7-5-15)17(22)11-19-9-8-14(10-19)12-21/h4-7,13-14,21H,3,8-12H2,1-2H3/t13-,14+/m1/s1. The molecule has 1 saturated heterocycles. The van der Waals surface area contributed by atoms with E-state index in [-0.39, 0.29) is 30.3 Å². The van der Waals surface area contributed by atoms with Crippen LogP contribution in [0.25, 0.3) is 0 Å². The Labute approximate surface area is 131 Å². The normalized spacial score (nSPS) is 20.1. The van der Waals surface area contributed by atoms with Gasteiger partial charge >= 0.3 is 0 Å². The third-order valence-corrected chi connectivity index (χ3v) is 4.47. The van der Waals surface area contributed by atoms with E-state index in [1.165, 1.54) is 12.1 Å². The Morgan fingerprint density at radius 1 is 1.45 bits per heavy atom. The van der Waals surface area contributed by atoms with Crippen LogP contribution in [0.15, 0.2) is 24.3 Å². The van der Waals surface area contributed by atoms with Crippen molar-refractivity contribution < 1.29 is 14.3 Å². The number of rotatable bonds is 6. The highest BCUT2D eigenvalue weighted by Gasteiger charge is 2.26. The summed E-state index contributed by atoms with van der Waals surface area (Å²) in [6, 6.07) is 6.24. The number of carbonyl (C=O) groups excluding carboxylic acids is 1. The fourth-order valence-electron chi connectivity index (χ4n) is 3.08. The Morgan fingerprint density at radius 2 is 2.14 bits per heavy atom. The molecule has 1 amide bonds. The van der Waals surface area contributed by atoms with Gasteiger partial charge in [0.1, 0.15) is 5.82 Å². The van der Waals surface area contributed by atoms with Crippen LogP contribution in [-0.2, 0) is 4.79 Å². The number of likely N-dealkylation sites (N-methyl/N-ethyl adjacent to an activating group) is 1. The first-order valence-corrected chi connectivity index (χ1v) is 7.93. The van der Waals surface area contributed by atoms with E-state index in [9.17, 15) is 14.3 Å². The van der Waals surface area contributed by atoms with Gasteiger partial charge in [0.25, 0.3) is 0 Å². The van der Waals surface area contributed by atoms with Crippen molar-refractivity contribution in [3.05, 3.63) is 35.6 Å². The number of aliphatic hydroxyl groups excluding tert-OH is 1. The van der Waals surface area contributed by atoms with Crippen molar-refractivity contribution >= 4 is 5.91 Å². The van der Waals surface area contributed by atoms with Crippen molar-refractivity contribution in [3.63, 3.8) is 0 Å². The van der Waals surface area contributed by atoms with Crippen molar-refractivity contribution in [3.8, 4) is 0 Å². The third-order valence-electron chi connectivity index (χ3n) is 4.47. The molecule has 1 fully saturated rings. The van der Waals surface area contributed by atoms with E-state index in [0.717, 1.165) is 25.1 Å². The molecule has 5 heteroatoms. The molecule has 1 heterocycles. The molecule has 1 aliphatic rings. The Morgan fingerprint density at radius 3 is 2.68 bits per heavy atom. The largest absolute Gasteiger partial charge is 0.396 e. The number of carbonyl (C=O) groups is 1. The molecule has 2 atom stereocenters. The number of aliphatic hydroxyl groups is 1. The van der Waals surface area contributed by atoms with Gasteiger partial charge in [-0.1, -0.05) is 12.1 Å². The highest BCUT2D eigenvalue weighted by atomic mass is 19.1. The zero-order valence-corrected chi connectivity index (χ0v) is 13.3. The van der Waals surface area contributed by atoms with Gasteiger partial charge in [0.15, 0.2) is 0 Å². The molecular weight excluding hydrogens is 283 g/mol. The van der Waals surface area contributed by atoms with E-state index < -0.39 is 0 Å². The first-order chi connectivity index (χ1) is 10.5. The smallest absolute Gasteiger partial charge is 0.237 e. The van der Waals surface area contributed by atoms with Gasteiger partial charge in [0.2, 0.25) is 5.91 Å². The number of nitrogens with zero attached hydrogens (tertiary/aromatic N) is 2. The van der Waals surface area contributed by atoms with Crippen LogP contribution >= 0.6 is 0 Å². The van der Waals surface area contributed by atoms with Gasteiger partial charge < -0.3 is 10.0 Å². The Bertz CT molecular complexity index is 492. The zero-order chi connectivity index (χ0) is 16.1. The lowest BCUT2D eigenvalue weighted by atomic mass is 10.1. The van der Waals surface area contributed by atoms with Crippen LogP contribution in [0, 0.1) is 11.7 Å². The van der Waals surface area contributed by atoms with E-state index in [1.54, 1.807) is 12.1 Å². The van der Waals surface area contributed by atoms with Crippen LogP contribution in [0.5, 0.6) is 0 Å². The molecule has 22 heavy (non-hydrogen) atoms. The summed E-state index contributed by atoms with van der Waals surface area (Å²) in [7, 11) is 0. The molecule has 1 aromatic carbocycles. The summed E-state index contributed by atoms with van der Waals surface area (Å²) in [6.45, 7) is 6.76. The van der Waals surface area contributed by atoms with E-state index in [4.69, 9.17) is 0 Å². The quantitative estimate of drug-likeness (QED) is 0.875. The minimum atomic E-state index is -0.266. The minimum absolute atomic E-state index is 0.0747. The average molecular weight is 308 g/mol. The van der Waals surface area contributed by atoms with Gasteiger partial charge in [0.05, 0.1) is 12.6 Å². The van der Waals surface area contributed by atoms with Gasteiger partial charge in [-0.15, -0.1) is 0 Å². The van der Waals surface area contributed by atoms with Crippen molar-refractivity contribution in [1.29, 1.82) is 0 Å². The maximum atomic E-state index is 13.0. The third kappa shape index (κ3) is 4.05. The van der Waals surface area contributed by atoms with Crippen molar-refractivity contribution in [1.82, 2.24) is 9.80 Å². The number of hydrogen-bond donors (Lipinski definition) is 1. The first-order valence-electron chi connectivity index (χ1n) is 7.93. The number of amides is 1. The molecule has 0 unspecified atom stereocenters. The van der Waals surface area contributed by atoms with Crippen LogP contribution in [0.2, 0.25) is 0 Å². The van der Waals surface area contributed by atoms with Crippen molar-refractivity contribution in [2.45, 2.75) is 26.3 Å². The second-order valence-electron chi connectivity index (χ2n) is 5.98. The summed E-state index contributed by atoms with van der Waals surface area (Å²) in [6.07, 6.45) is 0.948. The molecule has 2 rings (SSSR count). The van der Waals surface area contributed by atoms with Crippen LogP contribution < -0.4 is 0 Å². The summed E-state index contributed by atoms with van der Waals surface area (Å²) in [5.74, 6) is 0.104. The lowest BCUT2D eigenvalue weighted by molar-refractivity contribution is -0.134. The number of benzene rings is 1. The number of hydrogen-bond acceptors (Lipinski definition) is 3. The first kappa shape index (κ1) is 16.9. The van der Waals surface area contributed by atoms with E-state index in [2.05, 4.69) is 4.90 Å². The molecule has 0 aromatic heterocycles. The summed E-state index contributed by atoms with van der Waals surface area (Å²) in [5, 5.41) is 9.18. The average Bonchev–Trinajstić information content (AvgIpc) is 2.96. The molecule has 1 aliphatic heterocycles. The van der Waals surface area contributed by atoms with Gasteiger partial charge in [0, 0.05) is 19.7 Å². The molecule has 0 aliphatic carbocycles. The fourth-order valence-corrected chi connectivity index (χ4v) is 3.08. The van der Waals surface area contributed by atoms with Crippen LogP contribution in [0.1, 0.15) is 31.9 Å². The van der Waals surface area contributed by atoms with E-state index >= 15 is 0 Å². The lowest BCUT2D eigenvalue weighted by Crippen LogP contribution is -2.41. The lowest BCUT2D eigenvalue weighted by Gasteiger charge is -2.30. The predicted molar refractivity (Wildman–Crippen MR) is 83.8 cm³/mol. The minimum Gasteiger partial charge on any atom is -0.396 e. The Balaban J connectivity index is 1.98. The Kier molecular flexibility index (Phi) is 5.91. The van der Waals surface area contributed by atoms with Crippen LogP contribution in [0.3, 0.4) is 0 Å².